The van der Waals surface area contributed by atoms with Gasteiger partial charge in [0.15, 0.2) is 0 Å². The predicted molar refractivity (Wildman–Crippen MR) is 104 cm³/mol. The Balaban J connectivity index is 0.00000312. The van der Waals surface area contributed by atoms with Gasteiger partial charge in [-0.05, 0) is 50.0 Å². The SMILES string of the molecule is CCNCC1CCN(C(=O)CNC(=O)c2ccc(Cl)c(Cl)c2)CC1.Cl. The summed E-state index contributed by atoms with van der Waals surface area (Å²) in [6, 6.07) is 4.64. The van der Waals surface area contributed by atoms with Gasteiger partial charge in [0, 0.05) is 18.7 Å². The minimum Gasteiger partial charge on any atom is -0.343 e. The molecule has 2 amide bonds. The van der Waals surface area contributed by atoms with Gasteiger partial charge in [-0.25, -0.2) is 0 Å². The Labute approximate surface area is 164 Å². The molecule has 0 bridgehead atoms. The van der Waals surface area contributed by atoms with Gasteiger partial charge >= 0.3 is 0 Å². The molecule has 0 aromatic heterocycles. The number of carbonyl (C=O) groups excluding carboxylic acids is 2. The number of hydrogen-bond donors (Lipinski definition) is 2. The predicted octanol–water partition coefficient (Wildman–Crippen LogP) is 2.99. The van der Waals surface area contributed by atoms with Gasteiger partial charge in [-0.1, -0.05) is 30.1 Å². The van der Waals surface area contributed by atoms with Crippen LogP contribution in [0.1, 0.15) is 30.1 Å². The fraction of sp³-hybridized carbons (Fsp3) is 0.529. The lowest BCUT2D eigenvalue weighted by atomic mass is 9.97. The van der Waals surface area contributed by atoms with E-state index >= 15 is 0 Å². The Kier molecular flexibility index (Phi) is 9.57. The second-order valence-electron chi connectivity index (χ2n) is 5.94. The van der Waals surface area contributed by atoms with E-state index in [0.29, 0.717) is 21.5 Å². The second kappa shape index (κ2) is 10.9. The van der Waals surface area contributed by atoms with Crippen molar-refractivity contribution < 1.29 is 9.59 Å². The highest BCUT2D eigenvalue weighted by Gasteiger charge is 2.22. The van der Waals surface area contributed by atoms with Gasteiger partial charge in [-0.3, -0.25) is 9.59 Å². The van der Waals surface area contributed by atoms with Gasteiger partial charge in [0.05, 0.1) is 16.6 Å². The van der Waals surface area contributed by atoms with Gasteiger partial charge in [0.1, 0.15) is 0 Å². The van der Waals surface area contributed by atoms with Crippen LogP contribution in [-0.4, -0.2) is 49.4 Å². The maximum atomic E-state index is 12.2. The van der Waals surface area contributed by atoms with Gasteiger partial charge in [-0.2, -0.15) is 0 Å². The van der Waals surface area contributed by atoms with Crippen molar-refractivity contribution in [3.8, 4) is 0 Å². The number of nitrogens with zero attached hydrogens (tertiary/aromatic N) is 1. The van der Waals surface area contributed by atoms with Crippen LogP contribution in [0.15, 0.2) is 18.2 Å². The van der Waals surface area contributed by atoms with Gasteiger partial charge in [-0.15, -0.1) is 12.4 Å². The molecule has 1 heterocycles. The first-order valence-electron chi connectivity index (χ1n) is 8.23. The Morgan fingerprint density at radius 2 is 1.88 bits per heavy atom. The molecule has 1 saturated heterocycles. The van der Waals surface area contributed by atoms with E-state index in [1.54, 1.807) is 12.1 Å². The average Bonchev–Trinajstić information content (AvgIpc) is 2.60. The highest BCUT2D eigenvalue weighted by atomic mass is 35.5. The smallest absolute Gasteiger partial charge is 0.251 e. The Morgan fingerprint density at radius 1 is 1.20 bits per heavy atom. The minimum atomic E-state index is -0.330. The molecule has 2 rings (SSSR count). The van der Waals surface area contributed by atoms with E-state index < -0.39 is 0 Å². The van der Waals surface area contributed by atoms with Crippen LogP contribution in [0.5, 0.6) is 0 Å². The zero-order valence-electron chi connectivity index (χ0n) is 14.2. The third-order valence-corrected chi connectivity index (χ3v) is 4.97. The van der Waals surface area contributed by atoms with E-state index in [9.17, 15) is 9.59 Å². The van der Waals surface area contributed by atoms with Crippen molar-refractivity contribution in [3.63, 3.8) is 0 Å². The first-order valence-corrected chi connectivity index (χ1v) is 8.98. The van der Waals surface area contributed by atoms with Crippen molar-refractivity contribution in [3.05, 3.63) is 33.8 Å². The summed E-state index contributed by atoms with van der Waals surface area (Å²) in [4.78, 5) is 26.1. The van der Waals surface area contributed by atoms with Crippen LogP contribution in [-0.2, 0) is 4.79 Å². The number of likely N-dealkylation sites (tertiary alicyclic amines) is 1. The highest BCUT2D eigenvalue weighted by Crippen LogP contribution is 2.22. The number of amides is 2. The molecule has 2 N–H and O–H groups in total. The van der Waals surface area contributed by atoms with E-state index in [4.69, 9.17) is 23.2 Å². The zero-order valence-corrected chi connectivity index (χ0v) is 16.5. The Morgan fingerprint density at radius 3 is 2.48 bits per heavy atom. The fourth-order valence-corrected chi connectivity index (χ4v) is 3.04. The van der Waals surface area contributed by atoms with Crippen molar-refractivity contribution in [1.82, 2.24) is 15.5 Å². The number of halogens is 3. The molecular formula is C17H24Cl3N3O2. The first kappa shape index (κ1) is 22.0. The van der Waals surface area contributed by atoms with E-state index in [0.717, 1.165) is 39.0 Å². The van der Waals surface area contributed by atoms with Gasteiger partial charge in [0.2, 0.25) is 5.91 Å². The standard InChI is InChI=1S/C17H23Cl2N3O2.ClH/c1-2-20-10-12-5-7-22(8-6-12)16(23)11-21-17(24)13-3-4-14(18)15(19)9-13;/h3-4,9,12,20H,2,5-8,10-11H2,1H3,(H,21,24);1H. The van der Waals surface area contributed by atoms with E-state index in [-0.39, 0.29) is 30.8 Å². The molecule has 140 valence electrons. The monoisotopic (exact) mass is 407 g/mol. The normalized spacial score (nSPS) is 14.8. The van der Waals surface area contributed by atoms with Crippen LogP contribution in [0.25, 0.3) is 0 Å². The number of piperidine rings is 1. The lowest BCUT2D eigenvalue weighted by molar-refractivity contribution is -0.131. The fourth-order valence-electron chi connectivity index (χ4n) is 2.74. The molecule has 1 aromatic carbocycles. The van der Waals surface area contributed by atoms with Crippen LogP contribution in [0.3, 0.4) is 0 Å². The summed E-state index contributed by atoms with van der Waals surface area (Å²) in [5.41, 5.74) is 0.390. The molecule has 0 spiro atoms. The summed E-state index contributed by atoms with van der Waals surface area (Å²) < 4.78 is 0. The molecule has 1 aliphatic rings. The molecule has 0 unspecified atom stereocenters. The van der Waals surface area contributed by atoms with Crippen LogP contribution in [0.2, 0.25) is 10.0 Å². The lowest BCUT2D eigenvalue weighted by Gasteiger charge is -2.32. The summed E-state index contributed by atoms with van der Waals surface area (Å²) in [6.45, 7) is 5.56. The third kappa shape index (κ3) is 6.66. The summed E-state index contributed by atoms with van der Waals surface area (Å²) in [6.07, 6.45) is 2.00. The molecule has 1 fully saturated rings. The maximum Gasteiger partial charge on any atom is 0.251 e. The van der Waals surface area contributed by atoms with Crippen molar-refractivity contribution in [2.75, 3.05) is 32.7 Å². The molecule has 0 radical (unpaired) electrons. The Hall–Kier alpha value is -1.01. The van der Waals surface area contributed by atoms with E-state index in [2.05, 4.69) is 17.6 Å². The lowest BCUT2D eigenvalue weighted by Crippen LogP contribution is -2.45. The second-order valence-corrected chi connectivity index (χ2v) is 6.76. The molecule has 0 aliphatic carbocycles. The molecule has 5 nitrogen and oxygen atoms in total. The Bertz CT molecular complexity index is 591. The van der Waals surface area contributed by atoms with Crippen molar-refractivity contribution in [1.29, 1.82) is 0 Å². The van der Waals surface area contributed by atoms with Crippen LogP contribution in [0.4, 0.5) is 0 Å². The van der Waals surface area contributed by atoms with Crippen molar-refractivity contribution in [2.45, 2.75) is 19.8 Å². The van der Waals surface area contributed by atoms with Gasteiger partial charge < -0.3 is 15.5 Å². The summed E-state index contributed by atoms with van der Waals surface area (Å²) in [5, 5.41) is 6.70. The van der Waals surface area contributed by atoms with Crippen LogP contribution >= 0.6 is 35.6 Å². The molecular weight excluding hydrogens is 385 g/mol. The number of rotatable bonds is 6. The van der Waals surface area contributed by atoms with Crippen molar-refractivity contribution >= 4 is 47.4 Å². The highest BCUT2D eigenvalue weighted by molar-refractivity contribution is 6.42. The van der Waals surface area contributed by atoms with E-state index in [1.165, 1.54) is 6.07 Å². The summed E-state index contributed by atoms with van der Waals surface area (Å²) >= 11 is 11.7. The number of carbonyl (C=O) groups is 2. The topological polar surface area (TPSA) is 61.4 Å². The first-order chi connectivity index (χ1) is 11.5. The number of nitrogens with one attached hydrogen (secondary N) is 2. The van der Waals surface area contributed by atoms with Crippen LogP contribution in [0, 0.1) is 5.92 Å². The minimum absolute atomic E-state index is 0. The van der Waals surface area contributed by atoms with Crippen LogP contribution < -0.4 is 10.6 Å². The largest absolute Gasteiger partial charge is 0.343 e. The quantitative estimate of drug-likeness (QED) is 0.760. The molecule has 1 aliphatic heterocycles. The number of benzene rings is 1. The third-order valence-electron chi connectivity index (χ3n) is 4.23. The molecule has 25 heavy (non-hydrogen) atoms. The maximum absolute atomic E-state index is 12.2. The molecule has 1 aromatic rings. The van der Waals surface area contributed by atoms with Gasteiger partial charge in [0.25, 0.3) is 5.91 Å². The molecule has 0 saturated carbocycles. The summed E-state index contributed by atoms with van der Waals surface area (Å²) in [7, 11) is 0. The van der Waals surface area contributed by atoms with E-state index in [1.807, 2.05) is 4.90 Å². The number of hydrogen-bond acceptors (Lipinski definition) is 3. The average molecular weight is 409 g/mol. The molecule has 0 atom stereocenters. The zero-order chi connectivity index (χ0) is 17.5. The summed E-state index contributed by atoms with van der Waals surface area (Å²) in [5.74, 6) is 0.244. The van der Waals surface area contributed by atoms with Crippen molar-refractivity contribution in [2.24, 2.45) is 5.92 Å². The molecule has 8 heteroatoms.